The van der Waals surface area contributed by atoms with Crippen LogP contribution in [-0.4, -0.2) is 22.8 Å². The van der Waals surface area contributed by atoms with Crippen LogP contribution >= 0.6 is 11.6 Å². The molecule has 0 radical (unpaired) electrons. The maximum atomic E-state index is 11.5. The van der Waals surface area contributed by atoms with Gasteiger partial charge in [0.25, 0.3) is 0 Å². The van der Waals surface area contributed by atoms with E-state index in [9.17, 15) is 15.0 Å². The third-order valence-corrected chi connectivity index (χ3v) is 3.55. The lowest BCUT2D eigenvalue weighted by molar-refractivity contribution is -0.153. The minimum Gasteiger partial charge on any atom is -0.506 e. The number of aromatic hydroxyl groups is 1. The Bertz CT molecular complexity index is 484. The highest BCUT2D eigenvalue weighted by atomic mass is 35.5. The van der Waals surface area contributed by atoms with Crippen molar-refractivity contribution in [2.45, 2.75) is 32.3 Å². The number of ether oxygens (including phenoxy) is 1. The average molecular weight is 271 g/mol. The van der Waals surface area contributed by atoms with Gasteiger partial charge in [-0.25, -0.2) is 4.79 Å². The molecule has 2 rings (SSSR count). The van der Waals surface area contributed by atoms with Crippen molar-refractivity contribution in [2.24, 2.45) is 0 Å². The van der Waals surface area contributed by atoms with Gasteiger partial charge < -0.3 is 14.9 Å². The van der Waals surface area contributed by atoms with Crippen molar-refractivity contribution in [1.82, 2.24) is 0 Å². The first-order valence-electron chi connectivity index (χ1n) is 5.94. The zero-order chi connectivity index (χ0) is 13.3. The number of carbonyl (C=O) groups excluding carboxylic acids is 1. The second kappa shape index (κ2) is 5.16. The summed E-state index contributed by atoms with van der Waals surface area (Å²) >= 11 is 6.06. The third kappa shape index (κ3) is 2.18. The molecular formula is C13H15ClO4. The van der Waals surface area contributed by atoms with Crippen LogP contribution in [0.1, 0.15) is 36.1 Å². The van der Waals surface area contributed by atoms with Gasteiger partial charge in [0.15, 0.2) is 6.10 Å². The third-order valence-electron chi connectivity index (χ3n) is 3.14. The van der Waals surface area contributed by atoms with Crippen molar-refractivity contribution in [3.05, 3.63) is 27.8 Å². The first kappa shape index (κ1) is 13.2. The summed E-state index contributed by atoms with van der Waals surface area (Å²) in [4.78, 5) is 11.5. The fourth-order valence-corrected chi connectivity index (χ4v) is 2.58. The van der Waals surface area contributed by atoms with E-state index >= 15 is 0 Å². The van der Waals surface area contributed by atoms with Crippen molar-refractivity contribution < 1.29 is 19.7 Å². The van der Waals surface area contributed by atoms with Crippen LogP contribution in [0.4, 0.5) is 0 Å². The van der Waals surface area contributed by atoms with E-state index in [1.807, 2.05) is 0 Å². The number of hydrogen-bond donors (Lipinski definition) is 2. The number of benzene rings is 1. The normalized spacial score (nSPS) is 15.3. The Morgan fingerprint density at radius 3 is 2.94 bits per heavy atom. The van der Waals surface area contributed by atoms with E-state index in [4.69, 9.17) is 16.3 Å². The molecule has 0 spiro atoms. The first-order chi connectivity index (χ1) is 8.56. The molecular weight excluding hydrogens is 256 g/mol. The molecule has 18 heavy (non-hydrogen) atoms. The van der Waals surface area contributed by atoms with Crippen LogP contribution in [0.3, 0.4) is 0 Å². The molecule has 0 saturated heterocycles. The molecule has 0 amide bonds. The zero-order valence-corrected chi connectivity index (χ0v) is 10.8. The van der Waals surface area contributed by atoms with Crippen molar-refractivity contribution in [2.75, 3.05) is 6.61 Å². The number of fused-ring (bicyclic) bond motifs is 1. The summed E-state index contributed by atoms with van der Waals surface area (Å²) < 4.78 is 4.73. The quantitative estimate of drug-likeness (QED) is 0.826. The van der Waals surface area contributed by atoms with Crippen LogP contribution in [0.5, 0.6) is 5.75 Å². The molecule has 98 valence electrons. The van der Waals surface area contributed by atoms with Gasteiger partial charge >= 0.3 is 5.97 Å². The molecule has 1 unspecified atom stereocenters. The second-order valence-electron chi connectivity index (χ2n) is 4.27. The lowest BCUT2D eigenvalue weighted by atomic mass is 10.0. The molecule has 1 atom stereocenters. The van der Waals surface area contributed by atoms with Crippen molar-refractivity contribution in [1.29, 1.82) is 0 Å². The van der Waals surface area contributed by atoms with E-state index in [1.165, 1.54) is 0 Å². The average Bonchev–Trinajstić information content (AvgIpc) is 2.81. The van der Waals surface area contributed by atoms with Crippen LogP contribution in [0.15, 0.2) is 6.07 Å². The van der Waals surface area contributed by atoms with E-state index in [1.54, 1.807) is 13.0 Å². The molecule has 0 saturated carbocycles. The molecule has 0 heterocycles. The Balaban J connectivity index is 2.40. The highest BCUT2D eigenvalue weighted by Crippen LogP contribution is 2.40. The number of halogens is 1. The Kier molecular flexibility index (Phi) is 3.78. The van der Waals surface area contributed by atoms with Crippen LogP contribution < -0.4 is 0 Å². The van der Waals surface area contributed by atoms with Gasteiger partial charge in [-0.15, -0.1) is 0 Å². The molecule has 0 aromatic heterocycles. The molecule has 1 aromatic carbocycles. The van der Waals surface area contributed by atoms with E-state index in [0.29, 0.717) is 0 Å². The summed E-state index contributed by atoms with van der Waals surface area (Å²) in [5.41, 5.74) is 2.02. The molecule has 1 aromatic rings. The lowest BCUT2D eigenvalue weighted by Crippen LogP contribution is -2.16. The smallest absolute Gasteiger partial charge is 0.339 e. The number of phenolic OH excluding ortho intramolecular Hbond substituents is 1. The Morgan fingerprint density at radius 1 is 1.56 bits per heavy atom. The standard InChI is InChI=1S/C13H15ClO4/c1-2-18-13(17)12(16)9-6-7-4-3-5-8(7)10(14)11(9)15/h6,12,15-16H,2-5H2,1H3. The van der Waals surface area contributed by atoms with E-state index in [2.05, 4.69) is 0 Å². The number of aryl methyl sites for hydroxylation is 1. The summed E-state index contributed by atoms with van der Waals surface area (Å²) in [5, 5.41) is 20.1. The minimum atomic E-state index is -1.49. The summed E-state index contributed by atoms with van der Waals surface area (Å²) in [6.45, 7) is 1.83. The monoisotopic (exact) mass is 270 g/mol. The van der Waals surface area contributed by atoms with Gasteiger partial charge in [-0.3, -0.25) is 0 Å². The number of aliphatic hydroxyl groups excluding tert-OH is 1. The number of hydrogen-bond acceptors (Lipinski definition) is 4. The van der Waals surface area contributed by atoms with Gasteiger partial charge in [-0.2, -0.15) is 0 Å². The Hall–Kier alpha value is -1.26. The van der Waals surface area contributed by atoms with E-state index < -0.39 is 12.1 Å². The summed E-state index contributed by atoms with van der Waals surface area (Å²) in [7, 11) is 0. The van der Waals surface area contributed by atoms with Crippen LogP contribution in [0.25, 0.3) is 0 Å². The van der Waals surface area contributed by atoms with Gasteiger partial charge in [0.05, 0.1) is 11.6 Å². The second-order valence-corrected chi connectivity index (χ2v) is 4.65. The molecule has 2 N–H and O–H groups in total. The molecule has 5 heteroatoms. The first-order valence-corrected chi connectivity index (χ1v) is 6.31. The number of esters is 1. The van der Waals surface area contributed by atoms with Crippen LogP contribution in [-0.2, 0) is 22.4 Å². The van der Waals surface area contributed by atoms with Gasteiger partial charge in [-0.1, -0.05) is 11.6 Å². The molecule has 4 nitrogen and oxygen atoms in total. The molecule has 1 aliphatic carbocycles. The lowest BCUT2D eigenvalue weighted by Gasteiger charge is -2.15. The van der Waals surface area contributed by atoms with Crippen molar-refractivity contribution in [3.63, 3.8) is 0 Å². The maximum absolute atomic E-state index is 11.5. The van der Waals surface area contributed by atoms with Crippen LogP contribution in [0, 0.1) is 0 Å². The van der Waals surface area contributed by atoms with E-state index in [-0.39, 0.29) is 22.9 Å². The maximum Gasteiger partial charge on any atom is 0.339 e. The molecule has 0 fully saturated rings. The Morgan fingerprint density at radius 2 is 2.28 bits per heavy atom. The highest BCUT2D eigenvalue weighted by Gasteiger charge is 2.27. The highest BCUT2D eigenvalue weighted by molar-refractivity contribution is 6.33. The SMILES string of the molecule is CCOC(=O)C(O)c1cc2c(c(Cl)c1O)CCC2. The number of phenols is 1. The fourth-order valence-electron chi connectivity index (χ4n) is 2.26. The summed E-state index contributed by atoms with van der Waals surface area (Å²) in [5.74, 6) is -1.00. The van der Waals surface area contributed by atoms with Crippen molar-refractivity contribution >= 4 is 17.6 Å². The number of aliphatic hydroxyl groups is 1. The molecule has 0 bridgehead atoms. The fraction of sp³-hybridized carbons (Fsp3) is 0.462. The minimum absolute atomic E-state index is 0.124. The number of rotatable bonds is 3. The zero-order valence-electron chi connectivity index (χ0n) is 10.1. The van der Waals surface area contributed by atoms with Gasteiger partial charge in [-0.05, 0) is 43.4 Å². The van der Waals surface area contributed by atoms with Crippen molar-refractivity contribution in [3.8, 4) is 5.75 Å². The molecule has 0 aliphatic heterocycles. The van der Waals surface area contributed by atoms with Gasteiger partial charge in [0.2, 0.25) is 0 Å². The summed E-state index contributed by atoms with van der Waals surface area (Å²) in [6.07, 6.45) is 1.14. The largest absolute Gasteiger partial charge is 0.506 e. The van der Waals surface area contributed by atoms with Gasteiger partial charge in [0.1, 0.15) is 5.75 Å². The number of carbonyl (C=O) groups is 1. The molecule has 1 aliphatic rings. The van der Waals surface area contributed by atoms with Crippen LogP contribution in [0.2, 0.25) is 5.02 Å². The topological polar surface area (TPSA) is 66.8 Å². The summed E-state index contributed by atoms with van der Waals surface area (Å²) in [6, 6.07) is 1.64. The van der Waals surface area contributed by atoms with E-state index in [0.717, 1.165) is 30.4 Å². The Labute approximate surface area is 110 Å². The predicted molar refractivity (Wildman–Crippen MR) is 66.7 cm³/mol. The van der Waals surface area contributed by atoms with Gasteiger partial charge in [0, 0.05) is 5.56 Å². The predicted octanol–water partition coefficient (Wildman–Crippen LogP) is 2.13.